The van der Waals surface area contributed by atoms with Gasteiger partial charge in [0, 0.05) is 45.5 Å². The average molecular weight is 522 g/mol. The van der Waals surface area contributed by atoms with Crippen LogP contribution in [0.1, 0.15) is 35.3 Å². The van der Waals surface area contributed by atoms with Crippen molar-refractivity contribution in [3.05, 3.63) is 52.5 Å². The summed E-state index contributed by atoms with van der Waals surface area (Å²) in [5.74, 6) is -5.75. The Morgan fingerprint density at radius 3 is 2.41 bits per heavy atom. The van der Waals surface area contributed by atoms with E-state index in [1.165, 1.54) is 11.1 Å². The van der Waals surface area contributed by atoms with Gasteiger partial charge < -0.3 is 20.3 Å². The van der Waals surface area contributed by atoms with Crippen molar-refractivity contribution in [1.82, 2.24) is 20.1 Å². The molecule has 1 aromatic carbocycles. The molecule has 0 unspecified atom stereocenters. The summed E-state index contributed by atoms with van der Waals surface area (Å²) < 4.78 is 48.1. The van der Waals surface area contributed by atoms with Gasteiger partial charge in [0.2, 0.25) is 5.91 Å². The molecule has 2 saturated heterocycles. The van der Waals surface area contributed by atoms with Gasteiger partial charge in [-0.25, -0.2) is 18.2 Å². The molecule has 0 bridgehead atoms. The molecular formula is C26H34F3N5O3. The Morgan fingerprint density at radius 1 is 1.08 bits per heavy atom. The van der Waals surface area contributed by atoms with Gasteiger partial charge in [-0.05, 0) is 31.0 Å². The van der Waals surface area contributed by atoms with E-state index >= 15 is 0 Å². The lowest BCUT2D eigenvalue weighted by Crippen LogP contribution is -2.56. The minimum absolute atomic E-state index is 0.101. The first kappa shape index (κ1) is 28.4. The topological polar surface area (TPSA) is 86.8 Å². The van der Waals surface area contributed by atoms with Crippen LogP contribution in [0.2, 0.25) is 0 Å². The molecule has 0 spiro atoms. The van der Waals surface area contributed by atoms with Gasteiger partial charge in [0.25, 0.3) is 5.91 Å². The number of hydrogen-bond donors (Lipinski definition) is 2. The lowest BCUT2D eigenvalue weighted by Gasteiger charge is -2.38. The third kappa shape index (κ3) is 6.78. The van der Waals surface area contributed by atoms with Crippen molar-refractivity contribution in [1.29, 1.82) is 0 Å². The van der Waals surface area contributed by atoms with Gasteiger partial charge in [0.1, 0.15) is 5.82 Å². The highest BCUT2D eigenvalue weighted by atomic mass is 19.2. The summed E-state index contributed by atoms with van der Waals surface area (Å²) in [4.78, 5) is 33.1. The number of likely N-dealkylation sites (tertiary alicyclic amines) is 1. The Labute approximate surface area is 215 Å². The van der Waals surface area contributed by atoms with Crippen LogP contribution in [0.5, 0.6) is 0 Å². The summed E-state index contributed by atoms with van der Waals surface area (Å²) >= 11 is 0. The number of carbonyl (C=O) groups excluding carboxylic acids is 2. The summed E-state index contributed by atoms with van der Waals surface area (Å²) in [7, 11) is 0. The van der Waals surface area contributed by atoms with Gasteiger partial charge in [-0.3, -0.25) is 14.5 Å². The van der Waals surface area contributed by atoms with Crippen LogP contribution in [0.15, 0.2) is 18.3 Å². The molecule has 2 aliphatic rings. The number of benzene rings is 1. The molecule has 2 aliphatic heterocycles. The van der Waals surface area contributed by atoms with Gasteiger partial charge in [-0.15, -0.1) is 0 Å². The van der Waals surface area contributed by atoms with Gasteiger partial charge >= 0.3 is 0 Å². The molecule has 8 nitrogen and oxygen atoms in total. The van der Waals surface area contributed by atoms with Crippen molar-refractivity contribution >= 4 is 23.3 Å². The highest BCUT2D eigenvalue weighted by Gasteiger charge is 2.37. The Balaban J connectivity index is 0.00000186. The first-order valence-corrected chi connectivity index (χ1v) is 12.5. The zero-order chi connectivity index (χ0) is 27.1. The number of carbonyl (C=O) groups is 2. The van der Waals surface area contributed by atoms with E-state index in [1.807, 2.05) is 20.8 Å². The number of morpholine rings is 1. The zero-order valence-corrected chi connectivity index (χ0v) is 21.7. The molecule has 1 aromatic heterocycles. The van der Waals surface area contributed by atoms with Crippen LogP contribution >= 0.6 is 0 Å². The van der Waals surface area contributed by atoms with Gasteiger partial charge in [0.15, 0.2) is 17.5 Å². The van der Waals surface area contributed by atoms with Crippen molar-refractivity contribution in [2.75, 3.05) is 57.8 Å². The molecule has 0 saturated carbocycles. The number of ether oxygens (including phenoxy) is 1. The van der Waals surface area contributed by atoms with E-state index in [9.17, 15) is 22.8 Å². The van der Waals surface area contributed by atoms with E-state index in [1.54, 1.807) is 13.0 Å². The van der Waals surface area contributed by atoms with E-state index in [4.69, 9.17) is 4.74 Å². The fourth-order valence-corrected chi connectivity index (χ4v) is 4.14. The number of hydrogen-bond acceptors (Lipinski definition) is 6. The number of anilines is 2. The van der Waals surface area contributed by atoms with Gasteiger partial charge in [0.05, 0.1) is 30.4 Å². The van der Waals surface area contributed by atoms with Crippen LogP contribution in [-0.2, 0) is 9.53 Å². The number of aryl methyl sites for hydroxylation is 2. The monoisotopic (exact) mass is 521 g/mol. The first-order valence-electron chi connectivity index (χ1n) is 12.5. The third-order valence-corrected chi connectivity index (χ3v) is 6.22. The number of nitrogens with zero attached hydrogens (tertiary/aromatic N) is 3. The Bertz CT molecular complexity index is 1120. The molecular weight excluding hydrogens is 487 g/mol. The molecule has 3 heterocycles. The Morgan fingerprint density at radius 2 is 1.76 bits per heavy atom. The zero-order valence-electron chi connectivity index (χ0n) is 21.7. The first-order chi connectivity index (χ1) is 17.7. The highest BCUT2D eigenvalue weighted by molar-refractivity contribution is 6.01. The van der Waals surface area contributed by atoms with Crippen molar-refractivity contribution in [2.24, 2.45) is 5.92 Å². The maximum Gasteiger partial charge on any atom is 0.256 e. The van der Waals surface area contributed by atoms with Crippen LogP contribution in [0.25, 0.3) is 0 Å². The quantitative estimate of drug-likeness (QED) is 0.544. The molecule has 202 valence electrons. The van der Waals surface area contributed by atoms with Crippen molar-refractivity contribution in [3.63, 3.8) is 0 Å². The number of amides is 2. The molecule has 2 aromatic rings. The van der Waals surface area contributed by atoms with Gasteiger partial charge in [-0.2, -0.15) is 0 Å². The summed E-state index contributed by atoms with van der Waals surface area (Å²) in [5.41, 5.74) is 0.649. The van der Waals surface area contributed by atoms with E-state index in [0.29, 0.717) is 37.9 Å². The smallest absolute Gasteiger partial charge is 0.256 e. The lowest BCUT2D eigenvalue weighted by molar-refractivity contribution is -0.129. The second-order valence-electron chi connectivity index (χ2n) is 8.86. The van der Waals surface area contributed by atoms with E-state index in [0.717, 1.165) is 18.7 Å². The summed E-state index contributed by atoms with van der Waals surface area (Å²) in [6.45, 7) is 11.9. The Kier molecular flexibility index (Phi) is 9.87. The van der Waals surface area contributed by atoms with Crippen LogP contribution in [0, 0.1) is 37.2 Å². The van der Waals surface area contributed by atoms with Crippen LogP contribution in [0.4, 0.5) is 24.7 Å². The predicted octanol–water partition coefficient (Wildman–Crippen LogP) is 3.41. The summed E-state index contributed by atoms with van der Waals surface area (Å²) in [6.07, 6.45) is 1.53. The molecule has 0 aliphatic carbocycles. The number of aromatic nitrogens is 1. The normalized spacial score (nSPS) is 15.9. The van der Waals surface area contributed by atoms with E-state index in [-0.39, 0.29) is 30.4 Å². The molecule has 2 amide bonds. The predicted molar refractivity (Wildman–Crippen MR) is 134 cm³/mol. The molecule has 0 atom stereocenters. The second kappa shape index (κ2) is 12.9. The third-order valence-electron chi connectivity index (χ3n) is 6.22. The second-order valence-corrected chi connectivity index (χ2v) is 8.86. The SMILES string of the molecule is CC.Cc1cnc(Nc2c(C(=O)N3CC(C(=O)NCCN4CCOCC4)C3)cc(F)c(F)c2F)c(C)c1. The number of nitrogens with one attached hydrogen (secondary N) is 2. The van der Waals surface area contributed by atoms with E-state index < -0.39 is 35.0 Å². The highest BCUT2D eigenvalue weighted by Crippen LogP contribution is 2.31. The standard InChI is InChI=1S/C24H28F3N5O3.C2H6/c1-14-9-15(2)22(29-11-14)30-21-17(10-18(25)19(26)20(21)27)24(34)32-12-16(13-32)23(33)28-3-4-31-5-7-35-8-6-31;1-2/h9-11,16H,3-8,12-13H2,1-2H3,(H,28,33)(H,29,30);1-2H3. The Hall–Kier alpha value is -3.18. The molecule has 0 radical (unpaired) electrons. The maximum atomic E-state index is 14.7. The molecule has 2 N–H and O–H groups in total. The fourth-order valence-electron chi connectivity index (χ4n) is 4.14. The average Bonchev–Trinajstić information content (AvgIpc) is 2.86. The maximum absolute atomic E-state index is 14.7. The largest absolute Gasteiger partial charge is 0.379 e. The molecule has 11 heteroatoms. The summed E-state index contributed by atoms with van der Waals surface area (Å²) in [5, 5.41) is 5.51. The minimum Gasteiger partial charge on any atom is -0.379 e. The molecule has 4 rings (SSSR count). The number of pyridine rings is 1. The van der Waals surface area contributed by atoms with Crippen molar-refractivity contribution < 1.29 is 27.5 Å². The number of halogens is 3. The van der Waals surface area contributed by atoms with Gasteiger partial charge in [-0.1, -0.05) is 19.9 Å². The fraction of sp³-hybridized carbons (Fsp3) is 0.500. The van der Waals surface area contributed by atoms with E-state index in [2.05, 4.69) is 20.5 Å². The van der Waals surface area contributed by atoms with Crippen LogP contribution in [-0.4, -0.2) is 79.1 Å². The molecule has 2 fully saturated rings. The molecule has 37 heavy (non-hydrogen) atoms. The number of rotatable bonds is 7. The van der Waals surface area contributed by atoms with Crippen molar-refractivity contribution in [2.45, 2.75) is 27.7 Å². The lowest BCUT2D eigenvalue weighted by atomic mass is 9.97. The van der Waals surface area contributed by atoms with Crippen LogP contribution in [0.3, 0.4) is 0 Å². The minimum atomic E-state index is -1.69. The van der Waals surface area contributed by atoms with Crippen LogP contribution < -0.4 is 10.6 Å². The van der Waals surface area contributed by atoms with Crippen molar-refractivity contribution in [3.8, 4) is 0 Å². The summed E-state index contributed by atoms with van der Waals surface area (Å²) in [6, 6.07) is 2.45.